The van der Waals surface area contributed by atoms with Gasteiger partial charge in [0.25, 0.3) is 0 Å². The fourth-order valence-corrected chi connectivity index (χ4v) is 3.79. The Morgan fingerprint density at radius 1 is 1.38 bits per heavy atom. The van der Waals surface area contributed by atoms with Crippen molar-refractivity contribution in [3.05, 3.63) is 48.1 Å². The molecule has 0 spiro atoms. The molecule has 2 atom stereocenters. The second-order valence-corrected chi connectivity index (χ2v) is 7.88. The standard InChI is InChI=1S/C21H24N6O2/c1-4-21(2,3)25-19(28)15-8-9-16-18(23-15)27(14-10-12-26(16)13-14)20(29)24-17-7-5-6-11-22-17/h1,5-9,11,14-15,23H,10,12-13H2,2-3H3,(H,25,28)(H,22,24,29)/t14-,15?/m0/s1. The number of rotatable bonds is 3. The number of urea groups is 1. The van der Waals surface area contributed by atoms with E-state index in [1.165, 1.54) is 0 Å². The van der Waals surface area contributed by atoms with E-state index in [4.69, 9.17) is 6.42 Å². The lowest BCUT2D eigenvalue weighted by Crippen LogP contribution is -2.57. The van der Waals surface area contributed by atoms with E-state index < -0.39 is 11.6 Å². The predicted molar refractivity (Wildman–Crippen MR) is 109 cm³/mol. The zero-order valence-corrected chi connectivity index (χ0v) is 16.5. The van der Waals surface area contributed by atoms with Crippen molar-refractivity contribution in [3.63, 3.8) is 0 Å². The Hall–Kier alpha value is -3.47. The number of aromatic nitrogens is 1. The lowest BCUT2D eigenvalue weighted by molar-refractivity contribution is -0.123. The Morgan fingerprint density at radius 2 is 2.21 bits per heavy atom. The number of fused-ring (bicyclic) bond motifs is 3. The number of nitrogens with one attached hydrogen (secondary N) is 3. The van der Waals surface area contributed by atoms with E-state index in [0.717, 1.165) is 25.2 Å². The van der Waals surface area contributed by atoms with Crippen LogP contribution in [0.5, 0.6) is 0 Å². The van der Waals surface area contributed by atoms with Crippen LogP contribution in [0, 0.1) is 12.3 Å². The van der Waals surface area contributed by atoms with Crippen LogP contribution in [0.3, 0.4) is 0 Å². The summed E-state index contributed by atoms with van der Waals surface area (Å²) < 4.78 is 0. The minimum atomic E-state index is -0.758. The van der Waals surface area contributed by atoms with Crippen molar-refractivity contribution in [2.24, 2.45) is 0 Å². The molecule has 4 heterocycles. The van der Waals surface area contributed by atoms with E-state index in [9.17, 15) is 9.59 Å². The molecule has 1 aromatic heterocycles. The summed E-state index contributed by atoms with van der Waals surface area (Å²) >= 11 is 0. The van der Waals surface area contributed by atoms with Gasteiger partial charge in [0.15, 0.2) is 0 Å². The molecular weight excluding hydrogens is 368 g/mol. The topological polar surface area (TPSA) is 89.6 Å². The van der Waals surface area contributed by atoms with E-state index in [1.807, 2.05) is 12.1 Å². The van der Waals surface area contributed by atoms with Crippen LogP contribution in [0.2, 0.25) is 0 Å². The van der Waals surface area contributed by atoms with Crippen LogP contribution in [-0.4, -0.2) is 57.4 Å². The van der Waals surface area contributed by atoms with Crippen molar-refractivity contribution < 1.29 is 9.59 Å². The van der Waals surface area contributed by atoms with E-state index >= 15 is 0 Å². The highest BCUT2D eigenvalue weighted by atomic mass is 16.2. The highest BCUT2D eigenvalue weighted by Gasteiger charge is 2.42. The number of carbonyl (C=O) groups excluding carboxylic acids is 2. The molecule has 1 saturated heterocycles. The first-order valence-electron chi connectivity index (χ1n) is 9.63. The molecule has 3 aliphatic heterocycles. The molecule has 150 valence electrons. The summed E-state index contributed by atoms with van der Waals surface area (Å²) in [6, 6.07) is 4.49. The minimum absolute atomic E-state index is 0.0299. The third-order valence-electron chi connectivity index (χ3n) is 5.29. The minimum Gasteiger partial charge on any atom is -0.366 e. The van der Waals surface area contributed by atoms with Crippen LogP contribution < -0.4 is 16.0 Å². The van der Waals surface area contributed by atoms with Gasteiger partial charge in [0, 0.05) is 19.3 Å². The third kappa shape index (κ3) is 3.63. The lowest BCUT2D eigenvalue weighted by atomic mass is 10.0. The number of carbonyl (C=O) groups is 2. The Morgan fingerprint density at radius 3 is 2.93 bits per heavy atom. The summed E-state index contributed by atoms with van der Waals surface area (Å²) in [4.78, 5) is 33.9. The van der Waals surface area contributed by atoms with Crippen LogP contribution in [-0.2, 0) is 4.79 Å². The van der Waals surface area contributed by atoms with Crippen LogP contribution in [0.15, 0.2) is 48.1 Å². The van der Waals surface area contributed by atoms with Crippen LogP contribution >= 0.6 is 0 Å². The van der Waals surface area contributed by atoms with Gasteiger partial charge in [-0.2, -0.15) is 0 Å². The molecule has 1 unspecified atom stereocenters. The van der Waals surface area contributed by atoms with E-state index in [-0.39, 0.29) is 18.0 Å². The first-order chi connectivity index (χ1) is 13.9. The van der Waals surface area contributed by atoms with Crippen molar-refractivity contribution in [1.29, 1.82) is 0 Å². The van der Waals surface area contributed by atoms with E-state index in [2.05, 4.69) is 31.8 Å². The van der Waals surface area contributed by atoms with Gasteiger partial charge < -0.3 is 15.5 Å². The van der Waals surface area contributed by atoms with Crippen molar-refractivity contribution in [3.8, 4) is 12.3 Å². The number of allylic oxidation sites excluding steroid dienone is 1. The molecule has 1 aromatic rings. The molecule has 4 rings (SSSR count). The van der Waals surface area contributed by atoms with Gasteiger partial charge in [-0.05, 0) is 38.5 Å². The zero-order chi connectivity index (χ0) is 20.6. The fourth-order valence-electron chi connectivity index (χ4n) is 3.79. The molecular formula is C21H24N6O2. The fraction of sp³-hybridized carbons (Fsp3) is 0.381. The maximum absolute atomic E-state index is 13.1. The number of hydrogen-bond acceptors (Lipinski definition) is 5. The Balaban J connectivity index is 1.57. The molecule has 0 aliphatic carbocycles. The largest absolute Gasteiger partial charge is 0.366 e. The first-order valence-corrected chi connectivity index (χ1v) is 9.63. The van der Waals surface area contributed by atoms with Gasteiger partial charge in [-0.3, -0.25) is 15.0 Å². The Bertz CT molecular complexity index is 930. The molecule has 0 radical (unpaired) electrons. The van der Waals surface area contributed by atoms with Crippen LogP contribution in [0.25, 0.3) is 0 Å². The average molecular weight is 392 g/mol. The molecule has 3 N–H and O–H groups in total. The summed E-state index contributed by atoms with van der Waals surface area (Å²) in [6.45, 7) is 5.16. The van der Waals surface area contributed by atoms with Crippen LogP contribution in [0.4, 0.5) is 10.6 Å². The Kier molecular flexibility index (Phi) is 4.66. The van der Waals surface area contributed by atoms with Gasteiger partial charge in [-0.15, -0.1) is 6.42 Å². The van der Waals surface area contributed by atoms with Crippen molar-refractivity contribution in [2.45, 2.75) is 37.9 Å². The summed E-state index contributed by atoms with van der Waals surface area (Å²) in [5.41, 5.74) is 0.155. The number of nitrogens with zero attached hydrogens (tertiary/aromatic N) is 3. The normalized spacial score (nSPS) is 22.5. The second-order valence-electron chi connectivity index (χ2n) is 7.88. The number of dihydropyridines is 1. The summed E-state index contributed by atoms with van der Waals surface area (Å²) in [7, 11) is 0. The smallest absolute Gasteiger partial charge is 0.328 e. The number of hydrogen-bond donors (Lipinski definition) is 3. The second kappa shape index (κ2) is 7.17. The van der Waals surface area contributed by atoms with Gasteiger partial charge >= 0.3 is 6.03 Å². The summed E-state index contributed by atoms with van der Waals surface area (Å²) in [5.74, 6) is 3.43. The van der Waals surface area contributed by atoms with Gasteiger partial charge in [0.2, 0.25) is 5.91 Å². The van der Waals surface area contributed by atoms with Crippen LogP contribution in [0.1, 0.15) is 20.3 Å². The molecule has 3 aliphatic rings. The zero-order valence-electron chi connectivity index (χ0n) is 16.5. The molecule has 0 aromatic carbocycles. The van der Waals surface area contributed by atoms with Gasteiger partial charge in [-0.1, -0.05) is 18.1 Å². The predicted octanol–water partition coefficient (Wildman–Crippen LogP) is 1.23. The molecule has 3 amide bonds. The monoisotopic (exact) mass is 392 g/mol. The number of terminal acetylenes is 1. The van der Waals surface area contributed by atoms with E-state index in [1.54, 1.807) is 43.2 Å². The highest BCUT2D eigenvalue weighted by Crippen LogP contribution is 2.33. The van der Waals surface area contributed by atoms with Crippen molar-refractivity contribution in [1.82, 2.24) is 25.4 Å². The molecule has 8 heteroatoms. The third-order valence-corrected chi connectivity index (χ3v) is 5.29. The molecule has 29 heavy (non-hydrogen) atoms. The maximum atomic E-state index is 13.1. The highest BCUT2D eigenvalue weighted by molar-refractivity contribution is 5.91. The molecule has 0 saturated carbocycles. The van der Waals surface area contributed by atoms with E-state index in [0.29, 0.717) is 11.6 Å². The Labute approximate surface area is 170 Å². The summed E-state index contributed by atoms with van der Waals surface area (Å²) in [5, 5.41) is 8.92. The maximum Gasteiger partial charge on any atom is 0.328 e. The average Bonchev–Trinajstić information content (AvgIpc) is 3.12. The van der Waals surface area contributed by atoms with Crippen molar-refractivity contribution in [2.75, 3.05) is 18.4 Å². The number of amides is 3. The molecule has 8 nitrogen and oxygen atoms in total. The first kappa shape index (κ1) is 18.9. The molecule has 2 bridgehead atoms. The number of anilines is 1. The number of pyridine rings is 1. The summed E-state index contributed by atoms with van der Waals surface area (Å²) in [6.07, 6.45) is 11.7. The van der Waals surface area contributed by atoms with Crippen molar-refractivity contribution >= 4 is 17.8 Å². The van der Waals surface area contributed by atoms with Gasteiger partial charge in [-0.25, -0.2) is 9.78 Å². The lowest BCUT2D eigenvalue weighted by Gasteiger charge is -2.41. The quantitative estimate of drug-likeness (QED) is 0.674. The SMILES string of the molecule is C#CC(C)(C)NC(=O)C1C=CC2=C(N1)N(C(=O)Nc1ccccn1)[C@H]1CCN2C1. The van der Waals surface area contributed by atoms with Gasteiger partial charge in [0.05, 0.1) is 17.3 Å². The van der Waals surface area contributed by atoms with Gasteiger partial charge in [0.1, 0.15) is 17.7 Å². The molecule has 1 fully saturated rings.